The van der Waals surface area contributed by atoms with E-state index in [9.17, 15) is 18.7 Å². The normalized spacial score (nSPS) is 13.1. The number of benzene rings is 1. The molecule has 1 aliphatic heterocycles. The lowest BCUT2D eigenvalue weighted by Crippen LogP contribution is -2.45. The standard InChI is InChI=1S/C15H26N4O2S.C5H7NO2.C5H11NO.C3H6S/c1-3-16-14-4-6-15(7-5-14)17-22(20,21)13-12-19-10-8-18(2)9-11-19;1-2-8-5(7)3-4-6;1-4-6(3)5(2)7;1-3-4-2/h3-7,16-17,20-21H,1,8-13H2,2H3;2-3H2,1H3;4H2,1-3H3;3H,1H2,2H3. The van der Waals surface area contributed by atoms with Gasteiger partial charge in [-0.05, 0) is 63.0 Å². The summed E-state index contributed by atoms with van der Waals surface area (Å²) in [5, 5.41) is 12.7. The van der Waals surface area contributed by atoms with E-state index in [0.717, 1.165) is 38.4 Å². The number of nitrogens with one attached hydrogen (secondary N) is 2. The number of carbonyl (C=O) groups is 2. The summed E-state index contributed by atoms with van der Waals surface area (Å²) >= 11 is 1.62. The van der Waals surface area contributed by atoms with Gasteiger partial charge in [0.25, 0.3) is 0 Å². The number of thioether (sulfide) groups is 1. The van der Waals surface area contributed by atoms with Crippen molar-refractivity contribution in [2.75, 3.05) is 82.0 Å². The van der Waals surface area contributed by atoms with Crippen LogP contribution in [-0.4, -0.2) is 108 Å². The number of hydrogen-bond donors (Lipinski definition) is 4. The van der Waals surface area contributed by atoms with Crippen LogP contribution in [0.4, 0.5) is 11.4 Å². The second-order valence-corrected chi connectivity index (χ2v) is 11.4. The smallest absolute Gasteiger partial charge is 0.320 e. The first-order valence-corrected chi connectivity index (χ1v) is 16.2. The fourth-order valence-electron chi connectivity index (χ4n) is 2.82. The fourth-order valence-corrected chi connectivity index (χ4v) is 3.95. The number of amides is 1. The number of carbonyl (C=O) groups excluding carboxylic acids is 2. The van der Waals surface area contributed by atoms with Crippen molar-refractivity contribution in [3.05, 3.63) is 49.0 Å². The van der Waals surface area contributed by atoms with Crippen LogP contribution in [0, 0.1) is 11.3 Å². The van der Waals surface area contributed by atoms with E-state index in [1.54, 1.807) is 55.2 Å². The average molecular weight is 615 g/mol. The van der Waals surface area contributed by atoms with Gasteiger partial charge in [-0.25, -0.2) is 0 Å². The Kier molecular flexibility index (Phi) is 24.7. The highest BCUT2D eigenvalue weighted by molar-refractivity contribution is 8.25. The number of likely N-dealkylation sites (N-methyl/N-ethyl adjacent to an activating group) is 1. The number of esters is 1. The van der Waals surface area contributed by atoms with Gasteiger partial charge in [-0.3, -0.25) is 28.3 Å². The van der Waals surface area contributed by atoms with Gasteiger partial charge in [0.15, 0.2) is 0 Å². The minimum absolute atomic E-state index is 0.127. The Balaban J connectivity index is 0. The molecule has 2 rings (SSSR count). The highest BCUT2D eigenvalue weighted by Crippen LogP contribution is 2.38. The molecule has 13 heteroatoms. The van der Waals surface area contributed by atoms with E-state index in [0.29, 0.717) is 24.6 Å². The summed E-state index contributed by atoms with van der Waals surface area (Å²) in [6.07, 6.45) is 3.44. The monoisotopic (exact) mass is 614 g/mol. The second-order valence-electron chi connectivity index (χ2n) is 8.62. The summed E-state index contributed by atoms with van der Waals surface area (Å²) in [7, 11) is 1.07. The Hall–Kier alpha value is -2.73. The Morgan fingerprint density at radius 3 is 2.10 bits per heavy atom. The number of rotatable bonds is 11. The summed E-state index contributed by atoms with van der Waals surface area (Å²) in [5.41, 5.74) is 1.61. The van der Waals surface area contributed by atoms with Crippen LogP contribution in [0.15, 0.2) is 49.0 Å². The molecule has 1 aromatic rings. The molecular formula is C28H50N6O5S2. The zero-order valence-electron chi connectivity index (χ0n) is 25.5. The van der Waals surface area contributed by atoms with Crippen LogP contribution in [0.1, 0.15) is 27.2 Å². The molecule has 1 aliphatic rings. The summed E-state index contributed by atoms with van der Waals surface area (Å²) in [6, 6.07) is 9.03. The molecule has 0 bridgehead atoms. The number of nitrogens with zero attached hydrogens (tertiary/aromatic N) is 4. The van der Waals surface area contributed by atoms with Crippen LogP contribution in [0.3, 0.4) is 0 Å². The number of nitriles is 1. The molecule has 0 unspecified atom stereocenters. The van der Waals surface area contributed by atoms with Gasteiger partial charge >= 0.3 is 5.97 Å². The van der Waals surface area contributed by atoms with Gasteiger partial charge in [-0.2, -0.15) is 5.26 Å². The molecule has 1 heterocycles. The maximum Gasteiger partial charge on any atom is 0.320 e. The SMILES string of the molecule is C=CNc1ccc(NS(O)(O)CCN2CCN(C)CC2)cc1.C=CSC.CCN(C)C(C)=O.CCOC(=O)CC#N. The molecule has 11 nitrogen and oxygen atoms in total. The van der Waals surface area contributed by atoms with Crippen LogP contribution in [0.2, 0.25) is 0 Å². The fraction of sp³-hybridized carbons (Fsp3) is 0.536. The summed E-state index contributed by atoms with van der Waals surface area (Å²) in [6.45, 7) is 18.1. The summed E-state index contributed by atoms with van der Waals surface area (Å²) in [5.74, 6) is 0.0149. The molecule has 0 radical (unpaired) electrons. The third kappa shape index (κ3) is 23.7. The minimum Gasteiger partial charge on any atom is -0.465 e. The van der Waals surface area contributed by atoms with E-state index in [1.807, 2.05) is 37.4 Å². The zero-order chi connectivity index (χ0) is 31.7. The number of piperazine rings is 1. The third-order valence-electron chi connectivity index (χ3n) is 5.43. The minimum atomic E-state index is -2.82. The zero-order valence-corrected chi connectivity index (χ0v) is 27.1. The van der Waals surface area contributed by atoms with Gasteiger partial charge in [0.1, 0.15) is 6.42 Å². The molecular weight excluding hydrogens is 564 g/mol. The van der Waals surface area contributed by atoms with Gasteiger partial charge in [-0.1, -0.05) is 13.2 Å². The molecule has 4 N–H and O–H groups in total. The number of ether oxygens (including phenoxy) is 1. The van der Waals surface area contributed by atoms with Crippen LogP contribution >= 0.6 is 22.5 Å². The Morgan fingerprint density at radius 2 is 1.71 bits per heavy atom. The summed E-state index contributed by atoms with van der Waals surface area (Å²) in [4.78, 5) is 26.7. The Morgan fingerprint density at radius 1 is 1.17 bits per heavy atom. The van der Waals surface area contributed by atoms with Crippen LogP contribution in [0.5, 0.6) is 0 Å². The average Bonchev–Trinajstić information content (AvgIpc) is 2.94. The van der Waals surface area contributed by atoms with E-state index < -0.39 is 16.7 Å². The van der Waals surface area contributed by atoms with Gasteiger partial charge in [0.05, 0.1) is 24.1 Å². The van der Waals surface area contributed by atoms with Gasteiger partial charge < -0.3 is 19.9 Å². The van der Waals surface area contributed by atoms with E-state index in [1.165, 1.54) is 0 Å². The van der Waals surface area contributed by atoms with Crippen LogP contribution in [0.25, 0.3) is 0 Å². The Labute approximate surface area is 253 Å². The van der Waals surface area contributed by atoms with E-state index in [4.69, 9.17) is 5.26 Å². The molecule has 1 saturated heterocycles. The molecule has 1 aromatic carbocycles. The van der Waals surface area contributed by atoms with Crippen molar-refractivity contribution in [3.8, 4) is 6.07 Å². The predicted molar refractivity (Wildman–Crippen MR) is 175 cm³/mol. The molecule has 41 heavy (non-hydrogen) atoms. The third-order valence-corrected chi connectivity index (χ3v) is 7.08. The van der Waals surface area contributed by atoms with E-state index in [2.05, 4.69) is 44.8 Å². The Bertz CT molecular complexity index is 904. The highest BCUT2D eigenvalue weighted by Gasteiger charge is 2.18. The van der Waals surface area contributed by atoms with Crippen molar-refractivity contribution in [3.63, 3.8) is 0 Å². The molecule has 0 saturated carbocycles. The maximum atomic E-state index is 10.3. The first-order chi connectivity index (χ1) is 19.4. The van der Waals surface area contributed by atoms with Gasteiger partial charge in [0.2, 0.25) is 5.91 Å². The van der Waals surface area contributed by atoms with Crippen LogP contribution in [-0.2, 0) is 14.3 Å². The van der Waals surface area contributed by atoms with Gasteiger partial charge in [-0.15, -0.1) is 22.5 Å². The molecule has 0 spiro atoms. The maximum absolute atomic E-state index is 10.3. The van der Waals surface area contributed by atoms with Crippen molar-refractivity contribution in [1.82, 2.24) is 14.7 Å². The molecule has 0 aliphatic carbocycles. The molecule has 1 amide bonds. The highest BCUT2D eigenvalue weighted by atomic mass is 32.3. The first-order valence-electron chi connectivity index (χ1n) is 13.2. The lowest BCUT2D eigenvalue weighted by atomic mass is 10.3. The number of hydrogen-bond acceptors (Lipinski definition) is 11. The summed E-state index contributed by atoms with van der Waals surface area (Å²) < 4.78 is 27.6. The lowest BCUT2D eigenvalue weighted by molar-refractivity contribution is -0.141. The molecule has 0 aromatic heterocycles. The van der Waals surface area contributed by atoms with E-state index in [-0.39, 0.29) is 12.3 Å². The quantitative estimate of drug-likeness (QED) is 0.250. The lowest BCUT2D eigenvalue weighted by Gasteiger charge is -2.38. The topological polar surface area (TPSA) is 141 Å². The predicted octanol–water partition coefficient (Wildman–Crippen LogP) is 5.01. The first kappa shape index (κ1) is 40.4. The van der Waals surface area contributed by atoms with Crippen molar-refractivity contribution in [2.45, 2.75) is 27.2 Å². The van der Waals surface area contributed by atoms with Crippen molar-refractivity contribution in [2.24, 2.45) is 0 Å². The van der Waals surface area contributed by atoms with E-state index >= 15 is 0 Å². The number of anilines is 2. The largest absolute Gasteiger partial charge is 0.465 e. The van der Waals surface area contributed by atoms with Gasteiger partial charge in [0, 0.05) is 58.9 Å². The van der Waals surface area contributed by atoms with Crippen molar-refractivity contribution < 1.29 is 23.4 Å². The van der Waals surface area contributed by atoms with Crippen LogP contribution < -0.4 is 10.0 Å². The molecule has 0 atom stereocenters. The molecule has 1 fully saturated rings. The van der Waals surface area contributed by atoms with Crippen molar-refractivity contribution in [1.29, 1.82) is 5.26 Å². The van der Waals surface area contributed by atoms with Crippen molar-refractivity contribution >= 4 is 45.8 Å². The molecule has 234 valence electrons. The second kappa shape index (κ2) is 25.0.